The summed E-state index contributed by atoms with van der Waals surface area (Å²) in [7, 11) is 0. The van der Waals surface area contributed by atoms with Crippen LogP contribution in [0.5, 0.6) is 0 Å². The Bertz CT molecular complexity index is 1390. The van der Waals surface area contributed by atoms with Gasteiger partial charge in [-0.3, -0.25) is 14.4 Å². The van der Waals surface area contributed by atoms with Crippen molar-refractivity contribution in [3.05, 3.63) is 72.9 Å². The molecule has 0 aliphatic rings. The Balaban J connectivity index is 4.38. The fourth-order valence-electron chi connectivity index (χ4n) is 9.28. The van der Waals surface area contributed by atoms with E-state index in [4.69, 9.17) is 14.2 Å². The molecule has 0 fully saturated rings. The summed E-state index contributed by atoms with van der Waals surface area (Å²) in [5.41, 5.74) is 0. The number of ether oxygens (including phenoxy) is 3. The lowest BCUT2D eigenvalue weighted by atomic mass is 10.0. The van der Waals surface area contributed by atoms with Gasteiger partial charge in [-0.1, -0.05) is 286 Å². The van der Waals surface area contributed by atoms with Crippen molar-refractivity contribution >= 4 is 17.9 Å². The van der Waals surface area contributed by atoms with Crippen LogP contribution in [-0.2, 0) is 28.6 Å². The van der Waals surface area contributed by atoms with Gasteiger partial charge in [-0.25, -0.2) is 0 Å². The Morgan fingerprint density at radius 3 is 0.773 bits per heavy atom. The fraction of sp³-hybridized carbons (Fsp3) is 0.783. The summed E-state index contributed by atoms with van der Waals surface area (Å²) in [5.74, 6) is -0.884. The number of unbranched alkanes of at least 4 members (excludes halogenated alkanes) is 36. The molecule has 0 aromatic heterocycles. The summed E-state index contributed by atoms with van der Waals surface area (Å²) in [4.78, 5) is 38.3. The van der Waals surface area contributed by atoms with Crippen molar-refractivity contribution in [3.63, 3.8) is 0 Å². The predicted octanol–water partition coefficient (Wildman–Crippen LogP) is 22.1. The highest BCUT2D eigenvalue weighted by Crippen LogP contribution is 2.16. The highest BCUT2D eigenvalue weighted by molar-refractivity contribution is 5.71. The molecule has 0 N–H and O–H groups in total. The summed E-state index contributed by atoms with van der Waals surface area (Å²) in [6, 6.07) is 0. The van der Waals surface area contributed by atoms with E-state index >= 15 is 0 Å². The topological polar surface area (TPSA) is 78.9 Å². The standard InChI is InChI=1S/C69H122O6/c1-4-7-10-13-16-19-22-25-28-30-32-33-34-35-37-38-41-44-47-50-53-56-59-62-68(71)74-65-66(64-73-67(70)61-58-55-52-49-46-43-40-27-24-21-18-15-12-9-6-3)75-69(72)63-60-57-54-51-48-45-42-39-36-31-29-26-23-20-17-14-11-8-5-2/h17,20,22,25-26,29-30,32,34-36,39,66H,4-16,18-19,21,23-24,27-28,31,33,37-38,40-65H2,1-3H3/b20-17-,25-22-,29-26-,32-30-,35-34-,39-36-. The van der Waals surface area contributed by atoms with Crippen molar-refractivity contribution in [1.82, 2.24) is 0 Å². The molecule has 434 valence electrons. The third kappa shape index (κ3) is 61.6. The second-order valence-corrected chi connectivity index (χ2v) is 21.7. The molecule has 6 heteroatoms. The van der Waals surface area contributed by atoms with E-state index in [0.29, 0.717) is 19.3 Å². The van der Waals surface area contributed by atoms with Gasteiger partial charge in [0.2, 0.25) is 0 Å². The average molecular weight is 1050 g/mol. The first-order valence-electron chi connectivity index (χ1n) is 32.4. The lowest BCUT2D eigenvalue weighted by Crippen LogP contribution is -2.30. The molecule has 0 rings (SSSR count). The van der Waals surface area contributed by atoms with Crippen molar-refractivity contribution in [1.29, 1.82) is 0 Å². The molecule has 0 saturated carbocycles. The van der Waals surface area contributed by atoms with E-state index in [-0.39, 0.29) is 31.1 Å². The second-order valence-electron chi connectivity index (χ2n) is 21.7. The minimum atomic E-state index is -0.786. The Morgan fingerprint density at radius 2 is 0.480 bits per heavy atom. The molecule has 75 heavy (non-hydrogen) atoms. The van der Waals surface area contributed by atoms with Crippen molar-refractivity contribution in [3.8, 4) is 0 Å². The molecular formula is C69H122O6. The van der Waals surface area contributed by atoms with Crippen LogP contribution in [0.15, 0.2) is 72.9 Å². The van der Waals surface area contributed by atoms with Gasteiger partial charge in [0.05, 0.1) is 0 Å². The third-order valence-electron chi connectivity index (χ3n) is 14.2. The predicted molar refractivity (Wildman–Crippen MR) is 325 cm³/mol. The van der Waals surface area contributed by atoms with E-state index in [2.05, 4.69) is 93.7 Å². The van der Waals surface area contributed by atoms with Crippen LogP contribution in [0.1, 0.15) is 329 Å². The lowest BCUT2D eigenvalue weighted by molar-refractivity contribution is -0.167. The quantitative estimate of drug-likeness (QED) is 0.0261. The molecule has 0 aromatic carbocycles. The van der Waals surface area contributed by atoms with Crippen molar-refractivity contribution in [2.45, 2.75) is 335 Å². The third-order valence-corrected chi connectivity index (χ3v) is 14.2. The number of hydrogen-bond donors (Lipinski definition) is 0. The molecule has 0 aliphatic heterocycles. The largest absolute Gasteiger partial charge is 0.462 e. The number of carbonyl (C=O) groups excluding carboxylic acids is 3. The fourth-order valence-corrected chi connectivity index (χ4v) is 9.28. The summed E-state index contributed by atoms with van der Waals surface area (Å²) in [5, 5.41) is 0. The average Bonchev–Trinajstić information content (AvgIpc) is 3.41. The van der Waals surface area contributed by atoms with Crippen LogP contribution in [0.2, 0.25) is 0 Å². The number of allylic oxidation sites excluding steroid dienone is 12. The number of esters is 3. The molecule has 0 saturated heterocycles. The summed E-state index contributed by atoms with van der Waals surface area (Å²) < 4.78 is 16.9. The molecule has 1 unspecified atom stereocenters. The number of carbonyl (C=O) groups is 3. The first-order chi connectivity index (χ1) is 37.0. The van der Waals surface area contributed by atoms with E-state index in [1.807, 2.05) is 0 Å². The smallest absolute Gasteiger partial charge is 0.306 e. The Morgan fingerprint density at radius 1 is 0.267 bits per heavy atom. The van der Waals surface area contributed by atoms with E-state index in [1.54, 1.807) is 0 Å². The van der Waals surface area contributed by atoms with Crippen LogP contribution >= 0.6 is 0 Å². The van der Waals surface area contributed by atoms with Gasteiger partial charge in [0.15, 0.2) is 6.10 Å². The maximum atomic E-state index is 12.9. The zero-order valence-electron chi connectivity index (χ0n) is 49.8. The molecule has 0 aromatic rings. The van der Waals surface area contributed by atoms with Gasteiger partial charge in [-0.05, 0) is 96.3 Å². The van der Waals surface area contributed by atoms with Gasteiger partial charge in [0.1, 0.15) is 13.2 Å². The Labute approximate surface area is 465 Å². The zero-order valence-corrected chi connectivity index (χ0v) is 49.8. The van der Waals surface area contributed by atoms with Gasteiger partial charge in [0.25, 0.3) is 0 Å². The molecule has 1 atom stereocenters. The highest BCUT2D eigenvalue weighted by Gasteiger charge is 2.19. The van der Waals surface area contributed by atoms with Crippen molar-refractivity contribution in [2.24, 2.45) is 0 Å². The summed E-state index contributed by atoms with van der Waals surface area (Å²) in [6.45, 7) is 6.63. The van der Waals surface area contributed by atoms with Crippen LogP contribution in [0.3, 0.4) is 0 Å². The van der Waals surface area contributed by atoms with Crippen LogP contribution in [0, 0.1) is 0 Å². The highest BCUT2D eigenvalue weighted by atomic mass is 16.6. The molecular weight excluding hydrogens is 925 g/mol. The van der Waals surface area contributed by atoms with Gasteiger partial charge in [0, 0.05) is 19.3 Å². The molecule has 0 aliphatic carbocycles. The first-order valence-corrected chi connectivity index (χ1v) is 32.4. The maximum Gasteiger partial charge on any atom is 0.306 e. The van der Waals surface area contributed by atoms with Gasteiger partial charge in [-0.15, -0.1) is 0 Å². The van der Waals surface area contributed by atoms with E-state index in [0.717, 1.165) is 103 Å². The number of rotatable bonds is 59. The Hall–Kier alpha value is -3.15. The normalized spacial score (nSPS) is 12.5. The molecule has 0 spiro atoms. The second kappa shape index (κ2) is 63.4. The molecule has 0 bridgehead atoms. The van der Waals surface area contributed by atoms with Crippen LogP contribution in [0.25, 0.3) is 0 Å². The first kappa shape index (κ1) is 71.8. The lowest BCUT2D eigenvalue weighted by Gasteiger charge is -2.18. The molecule has 0 amide bonds. The van der Waals surface area contributed by atoms with Gasteiger partial charge < -0.3 is 14.2 Å². The molecule has 0 heterocycles. The number of hydrogen-bond acceptors (Lipinski definition) is 6. The van der Waals surface area contributed by atoms with Gasteiger partial charge >= 0.3 is 17.9 Å². The minimum absolute atomic E-state index is 0.0804. The van der Waals surface area contributed by atoms with Crippen molar-refractivity contribution < 1.29 is 28.6 Å². The summed E-state index contributed by atoms with van der Waals surface area (Å²) >= 11 is 0. The van der Waals surface area contributed by atoms with Crippen LogP contribution in [-0.4, -0.2) is 37.2 Å². The summed E-state index contributed by atoms with van der Waals surface area (Å²) in [6.07, 6.45) is 81.8. The minimum Gasteiger partial charge on any atom is -0.462 e. The molecule has 0 radical (unpaired) electrons. The zero-order chi connectivity index (χ0) is 54.3. The monoisotopic (exact) mass is 1050 g/mol. The van der Waals surface area contributed by atoms with Crippen LogP contribution < -0.4 is 0 Å². The molecule has 6 nitrogen and oxygen atoms in total. The Kier molecular flexibility index (Phi) is 60.7. The van der Waals surface area contributed by atoms with Crippen LogP contribution in [0.4, 0.5) is 0 Å². The van der Waals surface area contributed by atoms with E-state index in [1.165, 1.54) is 186 Å². The SMILES string of the molecule is CCCCC/C=C\C/C=C\C/C=C\CCCCCCCCC(=O)OC(COC(=O)CCCCCCCCCC/C=C\C/C=C\C/C=C\CCCCCCC)COC(=O)CCCCCCCCCCCCCCCCC. The van der Waals surface area contributed by atoms with Crippen molar-refractivity contribution in [2.75, 3.05) is 13.2 Å². The van der Waals surface area contributed by atoms with Gasteiger partial charge in [-0.2, -0.15) is 0 Å². The maximum absolute atomic E-state index is 12.9. The van der Waals surface area contributed by atoms with E-state index < -0.39 is 6.10 Å². The van der Waals surface area contributed by atoms with E-state index in [9.17, 15) is 14.4 Å².